The molecule has 16 bridgehead atoms. The monoisotopic (exact) mass is 1910 g/mol. The highest BCUT2D eigenvalue weighted by Crippen LogP contribution is 2.66. The van der Waals surface area contributed by atoms with Crippen molar-refractivity contribution in [1.82, 2.24) is 29.9 Å². The van der Waals surface area contributed by atoms with Crippen molar-refractivity contribution in [3.63, 3.8) is 0 Å². The molecule has 6 heteroatoms. The summed E-state index contributed by atoms with van der Waals surface area (Å²) in [6.45, 7) is 0. The molecular formula is C142H124N6. The molecule has 16 aliphatic rings. The number of pyridine rings is 6. The Labute approximate surface area is 871 Å². The molecule has 18 aromatic rings. The van der Waals surface area contributed by atoms with Crippen LogP contribution in [0.5, 0.6) is 0 Å². The molecule has 0 saturated heterocycles. The maximum atomic E-state index is 5.34. The first kappa shape index (κ1) is 88.8. The lowest BCUT2D eigenvalue weighted by Gasteiger charge is -2.57. The van der Waals surface area contributed by atoms with Gasteiger partial charge in [0.2, 0.25) is 0 Å². The van der Waals surface area contributed by atoms with Crippen LogP contribution in [0.2, 0.25) is 0 Å². The van der Waals surface area contributed by atoms with Crippen LogP contribution in [-0.2, 0) is 21.7 Å². The van der Waals surface area contributed by atoms with Crippen molar-refractivity contribution in [2.24, 2.45) is 71.0 Å². The Morgan fingerprint density at radius 2 is 0.291 bits per heavy atom. The number of rotatable bonds is 21. The van der Waals surface area contributed by atoms with Gasteiger partial charge in [0.05, 0.1) is 34.2 Å². The highest BCUT2D eigenvalue weighted by atomic mass is 14.8. The normalized spacial score (nSPS) is 26.2. The third-order valence-electron chi connectivity index (χ3n) is 39.3. The van der Waals surface area contributed by atoms with E-state index in [0.717, 1.165) is 194 Å². The van der Waals surface area contributed by atoms with Crippen molar-refractivity contribution in [3.05, 3.63) is 411 Å². The molecular weight excluding hydrogens is 1790 g/mol. The number of hydrogen-bond donors (Lipinski definition) is 0. The van der Waals surface area contributed by atoms with Crippen LogP contribution in [0, 0.1) is 71.0 Å². The minimum atomic E-state index is 0.302. The molecule has 16 fully saturated rings. The molecule has 6 aromatic heterocycles. The van der Waals surface area contributed by atoms with Crippen LogP contribution in [0.15, 0.2) is 389 Å². The zero-order valence-corrected chi connectivity index (χ0v) is 84.5. The van der Waals surface area contributed by atoms with Gasteiger partial charge in [-0.25, -0.2) is 0 Å². The molecule has 0 atom stereocenters. The molecule has 148 heavy (non-hydrogen) atoms. The fraction of sp³-hybridized carbons (Fsp3) is 0.282. The zero-order chi connectivity index (χ0) is 97.3. The van der Waals surface area contributed by atoms with Crippen LogP contribution in [-0.4, -0.2) is 29.9 Å². The van der Waals surface area contributed by atoms with Crippen LogP contribution in [0.1, 0.15) is 176 Å². The van der Waals surface area contributed by atoms with E-state index in [4.69, 9.17) is 29.9 Å². The summed E-state index contributed by atoms with van der Waals surface area (Å²) in [4.78, 5) is 31.0. The van der Waals surface area contributed by atoms with E-state index in [-0.39, 0.29) is 0 Å². The lowest BCUT2D eigenvalue weighted by atomic mass is 9.48. The molecule has 16 aliphatic carbocycles. The second-order valence-corrected chi connectivity index (χ2v) is 48.6. The van der Waals surface area contributed by atoms with Crippen LogP contribution >= 0.6 is 0 Å². The molecule has 0 radical (unpaired) electrons. The Morgan fingerprint density at radius 3 is 0.459 bits per heavy atom. The van der Waals surface area contributed by atoms with Gasteiger partial charge in [-0.1, -0.05) is 255 Å². The fourth-order valence-electron chi connectivity index (χ4n) is 34.3. The van der Waals surface area contributed by atoms with Crippen LogP contribution in [0.4, 0.5) is 0 Å². The van der Waals surface area contributed by atoms with Gasteiger partial charge < -0.3 is 0 Å². The standard InChI is InChI=1S/C142H124N6/c1-7-19-127(121(13-1)101-25-33-105(34-26-101)135-71-117(45-49-143-135)139-75-89-53-90(76-139)55-91(54-89)77-139)111-65-112(128-20-8-2-14-122(128)102-27-35-106(36-28-102)136-72-118(46-50-144-136)140-78-92-56-93(79-140)58-94(57-92)80-140)68-115(67-111)131-23-11-5-17-125(131)109-41-43-133(147-87-109)134-44-42-110(88-148-134)126-18-6-12-24-132(126)116-69-113(129-21-9-3-15-123(129)103-29-37-107(38-30-103)137-73-119(47-51-145-137)141-81-95-59-96(82-141)61-97(60-95)83-141)66-114(70-116)130-22-10-4-16-124(130)104-31-39-108(40-32-104)138-74-120(48-52-146-138)142-84-98-62-99(85-142)64-100(63-98)86-142/h1-52,65-74,87-100H,53-64,75-86H2. The quantitative estimate of drug-likeness (QED) is 0.0713. The number of benzene rings is 12. The number of nitrogens with zero attached hydrogens (tertiary/aromatic N) is 6. The maximum Gasteiger partial charge on any atom is 0.0886 e. The fourth-order valence-corrected chi connectivity index (χ4v) is 34.3. The van der Waals surface area contributed by atoms with Gasteiger partial charge in [0.1, 0.15) is 0 Å². The van der Waals surface area contributed by atoms with Gasteiger partial charge in [-0.05, 0) is 488 Å². The van der Waals surface area contributed by atoms with Crippen LogP contribution < -0.4 is 0 Å². The van der Waals surface area contributed by atoms with Gasteiger partial charge in [0.25, 0.3) is 0 Å². The van der Waals surface area contributed by atoms with Crippen molar-refractivity contribution in [1.29, 1.82) is 0 Å². The minimum absolute atomic E-state index is 0.302. The van der Waals surface area contributed by atoms with E-state index in [1.54, 1.807) is 0 Å². The summed E-state index contributed by atoms with van der Waals surface area (Å²) in [5.41, 5.74) is 45.3. The third-order valence-corrected chi connectivity index (χ3v) is 39.3. The minimum Gasteiger partial charge on any atom is -0.256 e. The van der Waals surface area contributed by atoms with Gasteiger partial charge in [-0.15, -0.1) is 0 Å². The average molecular weight is 1910 g/mol. The van der Waals surface area contributed by atoms with Crippen molar-refractivity contribution < 1.29 is 0 Å². The highest BCUT2D eigenvalue weighted by Gasteiger charge is 2.56. The molecule has 12 aromatic carbocycles. The van der Waals surface area contributed by atoms with Gasteiger partial charge in [0.15, 0.2) is 0 Å². The van der Waals surface area contributed by atoms with E-state index in [2.05, 4.69) is 389 Å². The highest BCUT2D eigenvalue weighted by molar-refractivity contribution is 5.98. The predicted octanol–water partition coefficient (Wildman–Crippen LogP) is 36.3. The Hall–Kier alpha value is -14.5. The molecule has 0 N–H and O–H groups in total. The lowest BCUT2D eigenvalue weighted by molar-refractivity contribution is -0.00532. The van der Waals surface area contributed by atoms with E-state index >= 15 is 0 Å². The van der Waals surface area contributed by atoms with E-state index in [0.29, 0.717) is 21.7 Å². The first-order chi connectivity index (χ1) is 72.9. The zero-order valence-electron chi connectivity index (χ0n) is 84.5. The Bertz CT molecular complexity index is 7200. The van der Waals surface area contributed by atoms with E-state index in [1.807, 2.05) is 0 Å². The van der Waals surface area contributed by atoms with E-state index < -0.39 is 0 Å². The van der Waals surface area contributed by atoms with Gasteiger partial charge in [-0.2, -0.15) is 0 Å². The number of hydrogen-bond acceptors (Lipinski definition) is 6. The second kappa shape index (κ2) is 35.7. The second-order valence-electron chi connectivity index (χ2n) is 48.6. The van der Waals surface area contributed by atoms with Crippen LogP contribution in [0.3, 0.4) is 0 Å². The molecule has 0 unspecified atom stereocenters. The van der Waals surface area contributed by atoms with Gasteiger partial charge in [0, 0.05) is 70.6 Å². The summed E-state index contributed by atoms with van der Waals surface area (Å²) in [5.74, 6) is 10.6. The molecule has 0 aliphatic heterocycles. The van der Waals surface area contributed by atoms with Gasteiger partial charge >= 0.3 is 0 Å². The van der Waals surface area contributed by atoms with Crippen LogP contribution in [0.25, 0.3) is 190 Å². The maximum absolute atomic E-state index is 5.34. The average Bonchev–Trinajstić information content (AvgIpc) is 0.738. The van der Waals surface area contributed by atoms with Crippen molar-refractivity contribution in [2.75, 3.05) is 0 Å². The predicted molar refractivity (Wildman–Crippen MR) is 605 cm³/mol. The van der Waals surface area contributed by atoms with Crippen molar-refractivity contribution in [3.8, 4) is 190 Å². The molecule has 16 saturated carbocycles. The first-order valence-electron chi connectivity index (χ1n) is 56.0. The summed E-state index contributed by atoms with van der Waals surface area (Å²) < 4.78 is 0. The summed E-state index contributed by atoms with van der Waals surface area (Å²) in [6, 6.07) is 134. The Kier molecular flexibility index (Phi) is 21.4. The smallest absolute Gasteiger partial charge is 0.0886 e. The van der Waals surface area contributed by atoms with Crippen molar-refractivity contribution in [2.45, 2.75) is 176 Å². The summed E-state index contributed by atoms with van der Waals surface area (Å²) in [7, 11) is 0. The first-order valence-corrected chi connectivity index (χ1v) is 56.0. The van der Waals surface area contributed by atoms with Crippen molar-refractivity contribution >= 4 is 0 Å². The molecule has 0 amide bonds. The third kappa shape index (κ3) is 15.9. The Morgan fingerprint density at radius 1 is 0.135 bits per heavy atom. The summed E-state index contributed by atoms with van der Waals surface area (Å²) in [6.07, 6.45) is 45.8. The molecule has 0 spiro atoms. The molecule has 6 heterocycles. The lowest BCUT2D eigenvalue weighted by Crippen LogP contribution is -2.48. The Balaban J connectivity index is 0.479. The van der Waals surface area contributed by atoms with E-state index in [1.165, 1.54) is 243 Å². The SMILES string of the molecule is c1ccc(-c2cc(-c3ccccc3-c3ccc(-c4cc(C56CC7CC(CC(C7)C5)C6)ccn4)cc3)cc(-c3ccccc3-c3ccc(-c4ccc(-c5ccccc5-c5cc(-c6ccccc6-c6ccc(-c7cc(C89CC%10CC(CC(C%10)C8)C9)ccn7)cc6)cc(-c6ccccc6-c6ccc(-c7cc(C89CC%10CC(CC(C%10)C8)C9)ccn7)cc6)c5)cn4)nc3)c2)c(-c2ccc(-c3cc(C45CC6CC(CC(C6)C4)C5)ccn3)cc2)c1. The largest absolute Gasteiger partial charge is 0.256 e. The molecule has 34 rings (SSSR count). The summed E-state index contributed by atoms with van der Waals surface area (Å²) in [5, 5.41) is 0. The van der Waals surface area contributed by atoms with Gasteiger partial charge in [-0.3, -0.25) is 29.9 Å². The number of aromatic nitrogens is 6. The summed E-state index contributed by atoms with van der Waals surface area (Å²) >= 11 is 0. The molecule has 6 nitrogen and oxygen atoms in total. The molecule has 722 valence electrons. The topological polar surface area (TPSA) is 77.3 Å². The van der Waals surface area contributed by atoms with E-state index in [9.17, 15) is 0 Å².